The van der Waals surface area contributed by atoms with E-state index in [2.05, 4.69) is 10.3 Å². The summed E-state index contributed by atoms with van der Waals surface area (Å²) in [6, 6.07) is 1.58. The average Bonchev–Trinajstić information content (AvgIpc) is 2.45. The van der Waals surface area contributed by atoms with Crippen molar-refractivity contribution in [2.24, 2.45) is 0 Å². The van der Waals surface area contributed by atoms with Crippen LogP contribution in [0.3, 0.4) is 0 Å². The molecule has 1 amide bonds. The first-order valence-electron chi connectivity index (χ1n) is 6.42. The number of aromatic nitrogens is 1. The Morgan fingerprint density at radius 1 is 1.55 bits per heavy atom. The highest BCUT2D eigenvalue weighted by Gasteiger charge is 2.16. The predicted molar refractivity (Wildman–Crippen MR) is 78.3 cm³/mol. The zero-order chi connectivity index (χ0) is 15.0. The van der Waals surface area contributed by atoms with Crippen LogP contribution in [0.15, 0.2) is 12.3 Å². The van der Waals surface area contributed by atoms with Gasteiger partial charge in [0.15, 0.2) is 0 Å². The van der Waals surface area contributed by atoms with E-state index in [1.165, 1.54) is 11.1 Å². The number of ether oxygens (including phenoxy) is 1. The first-order valence-corrected chi connectivity index (χ1v) is 6.80. The van der Waals surface area contributed by atoms with Crippen molar-refractivity contribution in [1.29, 1.82) is 0 Å². The van der Waals surface area contributed by atoms with Crippen LogP contribution < -0.4 is 5.32 Å². The molecule has 1 aromatic rings. The predicted octanol–water partition coefficient (Wildman–Crippen LogP) is 1.25. The van der Waals surface area contributed by atoms with Crippen molar-refractivity contribution in [3.8, 4) is 0 Å². The van der Waals surface area contributed by atoms with Crippen LogP contribution in [-0.2, 0) is 4.74 Å². The van der Waals surface area contributed by atoms with Crippen LogP contribution in [0.2, 0.25) is 5.02 Å². The van der Waals surface area contributed by atoms with Crippen molar-refractivity contribution in [2.75, 3.05) is 45.3 Å². The SMILES string of the molecule is CCNc1ncc(C(=O)N(CCO)CCOC)cc1Cl. The van der Waals surface area contributed by atoms with E-state index in [1.54, 1.807) is 13.2 Å². The zero-order valence-electron chi connectivity index (χ0n) is 11.7. The molecule has 0 aliphatic heterocycles. The fraction of sp³-hybridized carbons (Fsp3) is 0.538. The van der Waals surface area contributed by atoms with Crippen LogP contribution >= 0.6 is 11.6 Å². The van der Waals surface area contributed by atoms with Gasteiger partial charge in [-0.1, -0.05) is 11.6 Å². The molecule has 0 unspecified atom stereocenters. The van der Waals surface area contributed by atoms with Crippen molar-refractivity contribution in [3.05, 3.63) is 22.8 Å². The van der Waals surface area contributed by atoms with E-state index < -0.39 is 0 Å². The number of nitrogens with zero attached hydrogens (tertiary/aromatic N) is 2. The van der Waals surface area contributed by atoms with E-state index in [-0.39, 0.29) is 19.1 Å². The summed E-state index contributed by atoms with van der Waals surface area (Å²) >= 11 is 6.07. The van der Waals surface area contributed by atoms with Crippen molar-refractivity contribution < 1.29 is 14.6 Å². The Morgan fingerprint density at radius 3 is 2.85 bits per heavy atom. The van der Waals surface area contributed by atoms with Gasteiger partial charge in [0.25, 0.3) is 5.91 Å². The van der Waals surface area contributed by atoms with E-state index in [0.717, 1.165) is 0 Å². The van der Waals surface area contributed by atoms with Gasteiger partial charge in [-0.2, -0.15) is 0 Å². The lowest BCUT2D eigenvalue weighted by Crippen LogP contribution is -2.36. The van der Waals surface area contributed by atoms with Gasteiger partial charge < -0.3 is 20.1 Å². The highest BCUT2D eigenvalue weighted by molar-refractivity contribution is 6.33. The number of carbonyl (C=O) groups is 1. The van der Waals surface area contributed by atoms with Crippen molar-refractivity contribution in [1.82, 2.24) is 9.88 Å². The van der Waals surface area contributed by atoms with E-state index in [4.69, 9.17) is 21.4 Å². The largest absolute Gasteiger partial charge is 0.395 e. The minimum Gasteiger partial charge on any atom is -0.395 e. The van der Waals surface area contributed by atoms with Gasteiger partial charge in [-0.25, -0.2) is 4.98 Å². The number of methoxy groups -OCH3 is 1. The normalized spacial score (nSPS) is 10.4. The van der Waals surface area contributed by atoms with Crippen LogP contribution in [0.1, 0.15) is 17.3 Å². The summed E-state index contributed by atoms with van der Waals surface area (Å²) in [4.78, 5) is 17.9. The molecule has 0 aliphatic carbocycles. The molecule has 0 radical (unpaired) electrons. The Hall–Kier alpha value is -1.37. The molecule has 7 heteroatoms. The number of carbonyl (C=O) groups excluding carboxylic acids is 1. The van der Waals surface area contributed by atoms with Gasteiger partial charge in [0.05, 0.1) is 23.8 Å². The minimum absolute atomic E-state index is 0.105. The number of halogens is 1. The summed E-state index contributed by atoms with van der Waals surface area (Å²) in [7, 11) is 1.56. The number of amides is 1. The van der Waals surface area contributed by atoms with Gasteiger partial charge in [0, 0.05) is 32.9 Å². The van der Waals surface area contributed by atoms with E-state index in [0.29, 0.717) is 36.1 Å². The summed E-state index contributed by atoms with van der Waals surface area (Å²) in [5.41, 5.74) is 0.390. The lowest BCUT2D eigenvalue weighted by Gasteiger charge is -2.21. The number of hydrogen-bond donors (Lipinski definition) is 2. The minimum atomic E-state index is -0.228. The second-order valence-electron chi connectivity index (χ2n) is 4.09. The number of aliphatic hydroxyl groups is 1. The van der Waals surface area contributed by atoms with Gasteiger partial charge in [0.2, 0.25) is 0 Å². The lowest BCUT2D eigenvalue weighted by atomic mass is 10.2. The van der Waals surface area contributed by atoms with Crippen LogP contribution in [0.4, 0.5) is 5.82 Å². The van der Waals surface area contributed by atoms with Crippen molar-refractivity contribution >= 4 is 23.3 Å². The molecule has 0 saturated carbocycles. The molecule has 112 valence electrons. The van der Waals surface area contributed by atoms with Gasteiger partial charge >= 0.3 is 0 Å². The van der Waals surface area contributed by atoms with Crippen LogP contribution in [-0.4, -0.2) is 60.9 Å². The summed E-state index contributed by atoms with van der Waals surface area (Å²) in [6.45, 7) is 3.58. The fourth-order valence-electron chi connectivity index (χ4n) is 1.67. The summed E-state index contributed by atoms with van der Waals surface area (Å²) < 4.78 is 4.95. The van der Waals surface area contributed by atoms with E-state index >= 15 is 0 Å². The third kappa shape index (κ3) is 4.63. The smallest absolute Gasteiger partial charge is 0.255 e. The van der Waals surface area contributed by atoms with E-state index in [1.807, 2.05) is 6.92 Å². The molecule has 0 aliphatic rings. The second kappa shape index (κ2) is 8.73. The number of hydrogen-bond acceptors (Lipinski definition) is 5. The van der Waals surface area contributed by atoms with Crippen molar-refractivity contribution in [3.63, 3.8) is 0 Å². The Balaban J connectivity index is 2.85. The molecular weight excluding hydrogens is 282 g/mol. The third-order valence-corrected chi connectivity index (χ3v) is 2.94. The highest BCUT2D eigenvalue weighted by Crippen LogP contribution is 2.20. The molecule has 0 spiro atoms. The first kappa shape index (κ1) is 16.7. The van der Waals surface area contributed by atoms with Gasteiger partial charge in [0.1, 0.15) is 5.82 Å². The maximum Gasteiger partial charge on any atom is 0.255 e. The van der Waals surface area contributed by atoms with Gasteiger partial charge in [-0.05, 0) is 13.0 Å². The zero-order valence-corrected chi connectivity index (χ0v) is 12.5. The van der Waals surface area contributed by atoms with Crippen LogP contribution in [0.25, 0.3) is 0 Å². The highest BCUT2D eigenvalue weighted by atomic mass is 35.5. The first-order chi connectivity index (χ1) is 9.63. The molecule has 2 N–H and O–H groups in total. The van der Waals surface area contributed by atoms with Crippen LogP contribution in [0, 0.1) is 0 Å². The third-order valence-electron chi connectivity index (χ3n) is 2.65. The second-order valence-corrected chi connectivity index (χ2v) is 4.50. The Morgan fingerprint density at radius 2 is 2.30 bits per heavy atom. The summed E-state index contributed by atoms with van der Waals surface area (Å²) in [5, 5.41) is 12.4. The lowest BCUT2D eigenvalue weighted by molar-refractivity contribution is 0.0656. The maximum atomic E-state index is 12.3. The molecule has 0 fully saturated rings. The molecule has 1 aromatic heterocycles. The number of aliphatic hydroxyl groups excluding tert-OH is 1. The van der Waals surface area contributed by atoms with Crippen LogP contribution in [0.5, 0.6) is 0 Å². The standard InChI is InChI=1S/C13H20ClN3O3/c1-3-15-12-11(14)8-10(9-16-12)13(19)17(4-6-18)5-7-20-2/h8-9,18H,3-7H2,1-2H3,(H,15,16). The monoisotopic (exact) mass is 301 g/mol. The molecule has 0 aromatic carbocycles. The molecule has 0 atom stereocenters. The average molecular weight is 302 g/mol. The maximum absolute atomic E-state index is 12.3. The van der Waals surface area contributed by atoms with Crippen molar-refractivity contribution in [2.45, 2.75) is 6.92 Å². The molecule has 0 bridgehead atoms. The molecular formula is C13H20ClN3O3. The van der Waals surface area contributed by atoms with Gasteiger partial charge in [-0.3, -0.25) is 4.79 Å². The summed E-state index contributed by atoms with van der Waals surface area (Å²) in [5.74, 6) is 0.324. The Kier molecular flexibility index (Phi) is 7.28. The number of pyridine rings is 1. The number of anilines is 1. The van der Waals surface area contributed by atoms with E-state index in [9.17, 15) is 4.79 Å². The summed E-state index contributed by atoms with van der Waals surface area (Å²) in [6.07, 6.45) is 1.48. The Labute approximate surface area is 123 Å². The molecule has 1 heterocycles. The Bertz CT molecular complexity index is 443. The topological polar surface area (TPSA) is 74.7 Å². The fourth-order valence-corrected chi connectivity index (χ4v) is 1.91. The molecule has 6 nitrogen and oxygen atoms in total. The number of nitrogens with one attached hydrogen (secondary N) is 1. The molecule has 20 heavy (non-hydrogen) atoms. The quantitative estimate of drug-likeness (QED) is 0.756. The van der Waals surface area contributed by atoms with Gasteiger partial charge in [-0.15, -0.1) is 0 Å². The molecule has 1 rings (SSSR count). The molecule has 0 saturated heterocycles. The number of rotatable bonds is 8.